The molecular formula is C24H26N4O3. The summed E-state index contributed by atoms with van der Waals surface area (Å²) in [6.07, 6.45) is 0.774. The number of fused-ring (bicyclic) bond motifs is 3. The van der Waals surface area contributed by atoms with Crippen molar-refractivity contribution < 1.29 is 4.79 Å². The largest absolute Gasteiger partial charge is 0.352 e. The first-order valence-corrected chi connectivity index (χ1v) is 10.5. The van der Waals surface area contributed by atoms with Crippen molar-refractivity contribution >= 4 is 22.5 Å². The van der Waals surface area contributed by atoms with Gasteiger partial charge in [-0.05, 0) is 43.9 Å². The lowest BCUT2D eigenvalue weighted by Crippen LogP contribution is -2.28. The number of hydrogen-bond donors (Lipinski definition) is 0. The molecule has 160 valence electrons. The number of rotatable bonds is 6. The van der Waals surface area contributed by atoms with E-state index in [-0.39, 0.29) is 23.7 Å². The molecule has 0 unspecified atom stereocenters. The van der Waals surface area contributed by atoms with Crippen LogP contribution >= 0.6 is 0 Å². The van der Waals surface area contributed by atoms with E-state index >= 15 is 0 Å². The molecule has 2 aromatic carbocycles. The van der Waals surface area contributed by atoms with Gasteiger partial charge < -0.3 is 0 Å². The SMILES string of the molecule is Cc1ccc(C(=O)Cn2nc3n(CCC(C)C)c(=O)c4ccccc4n3c2=O)c(C)c1. The fourth-order valence-corrected chi connectivity index (χ4v) is 3.91. The standard InChI is InChI=1S/C24H26N4O3/c1-15(2)11-12-26-22(30)19-7-5-6-8-20(19)28-23(26)25-27(24(28)31)14-21(29)18-10-9-16(3)13-17(18)4/h5-10,13,15H,11-12,14H2,1-4H3. The number of nitrogens with zero attached hydrogens (tertiary/aromatic N) is 4. The zero-order valence-corrected chi connectivity index (χ0v) is 18.3. The number of carbonyl (C=O) groups is 1. The maximum absolute atomic E-state index is 13.2. The molecule has 0 saturated heterocycles. The number of carbonyl (C=O) groups excluding carboxylic acids is 1. The molecule has 2 aromatic heterocycles. The van der Waals surface area contributed by atoms with Crippen molar-refractivity contribution in [3.63, 3.8) is 0 Å². The average molecular weight is 418 g/mol. The summed E-state index contributed by atoms with van der Waals surface area (Å²) < 4.78 is 4.14. The Balaban J connectivity index is 1.88. The molecule has 0 amide bonds. The van der Waals surface area contributed by atoms with E-state index in [4.69, 9.17) is 0 Å². The molecule has 4 aromatic rings. The molecule has 0 fully saturated rings. The average Bonchev–Trinajstić information content (AvgIpc) is 3.03. The predicted octanol–water partition coefficient (Wildman–Crippen LogP) is 3.36. The van der Waals surface area contributed by atoms with Crippen molar-refractivity contribution in [2.45, 2.75) is 47.2 Å². The Bertz CT molecular complexity index is 1420. The van der Waals surface area contributed by atoms with Gasteiger partial charge in [0.15, 0.2) is 5.78 Å². The predicted molar refractivity (Wildman–Crippen MR) is 121 cm³/mol. The molecule has 7 heteroatoms. The van der Waals surface area contributed by atoms with Gasteiger partial charge in [0, 0.05) is 12.1 Å². The Hall–Kier alpha value is -3.48. The fraction of sp³-hybridized carbons (Fsp3) is 0.333. The lowest BCUT2D eigenvalue weighted by Gasteiger charge is -2.10. The van der Waals surface area contributed by atoms with Gasteiger partial charge in [0.2, 0.25) is 5.78 Å². The molecule has 0 atom stereocenters. The van der Waals surface area contributed by atoms with E-state index < -0.39 is 5.69 Å². The van der Waals surface area contributed by atoms with Gasteiger partial charge in [0.1, 0.15) is 6.54 Å². The smallest absolute Gasteiger partial charge is 0.292 e. The zero-order chi connectivity index (χ0) is 22.3. The van der Waals surface area contributed by atoms with Crippen molar-refractivity contribution in [3.05, 3.63) is 80.0 Å². The molecule has 0 aliphatic heterocycles. The molecule has 0 bridgehead atoms. The fourth-order valence-electron chi connectivity index (χ4n) is 3.91. The van der Waals surface area contributed by atoms with Crippen LogP contribution in [0.25, 0.3) is 16.7 Å². The number of aromatic nitrogens is 4. The van der Waals surface area contributed by atoms with Crippen molar-refractivity contribution in [2.75, 3.05) is 0 Å². The second-order valence-electron chi connectivity index (χ2n) is 8.47. The molecule has 0 saturated carbocycles. The number of aryl methyl sites for hydroxylation is 3. The lowest BCUT2D eigenvalue weighted by atomic mass is 10.0. The van der Waals surface area contributed by atoms with Gasteiger partial charge in [-0.25, -0.2) is 13.9 Å². The third-order valence-corrected chi connectivity index (χ3v) is 5.59. The second-order valence-corrected chi connectivity index (χ2v) is 8.47. The summed E-state index contributed by atoms with van der Waals surface area (Å²) in [6, 6.07) is 12.6. The van der Waals surface area contributed by atoms with Crippen LogP contribution in [0.1, 0.15) is 41.8 Å². The monoisotopic (exact) mass is 418 g/mol. The Morgan fingerprint density at radius 2 is 1.81 bits per heavy atom. The van der Waals surface area contributed by atoms with Crippen LogP contribution in [-0.2, 0) is 13.1 Å². The summed E-state index contributed by atoms with van der Waals surface area (Å²) in [4.78, 5) is 39.3. The number of benzene rings is 2. The van der Waals surface area contributed by atoms with E-state index in [2.05, 4.69) is 18.9 Å². The van der Waals surface area contributed by atoms with Crippen LogP contribution < -0.4 is 11.2 Å². The van der Waals surface area contributed by atoms with Crippen LogP contribution in [0.4, 0.5) is 0 Å². The first-order valence-electron chi connectivity index (χ1n) is 10.5. The minimum atomic E-state index is -0.428. The van der Waals surface area contributed by atoms with E-state index in [0.717, 1.165) is 22.2 Å². The van der Waals surface area contributed by atoms with Crippen LogP contribution in [-0.4, -0.2) is 24.5 Å². The molecule has 2 heterocycles. The molecule has 4 rings (SSSR count). The first kappa shape index (κ1) is 20.8. The molecule has 31 heavy (non-hydrogen) atoms. The van der Waals surface area contributed by atoms with E-state index in [1.165, 1.54) is 4.40 Å². The minimum Gasteiger partial charge on any atom is -0.292 e. The van der Waals surface area contributed by atoms with E-state index in [9.17, 15) is 14.4 Å². The molecular weight excluding hydrogens is 392 g/mol. The highest BCUT2D eigenvalue weighted by molar-refractivity contribution is 5.97. The summed E-state index contributed by atoms with van der Waals surface area (Å²) in [5, 5.41) is 4.88. The maximum atomic E-state index is 13.2. The molecule has 7 nitrogen and oxygen atoms in total. The summed E-state index contributed by atoms with van der Waals surface area (Å²) in [6.45, 7) is 8.27. The van der Waals surface area contributed by atoms with Crippen LogP contribution in [0, 0.1) is 19.8 Å². The highest BCUT2D eigenvalue weighted by Gasteiger charge is 2.19. The van der Waals surface area contributed by atoms with Gasteiger partial charge in [0.25, 0.3) is 5.56 Å². The number of Topliss-reactive ketones (excluding diaryl/α,β-unsaturated/α-hetero) is 1. The molecule has 0 radical (unpaired) electrons. The van der Waals surface area contributed by atoms with E-state index in [1.807, 2.05) is 26.0 Å². The van der Waals surface area contributed by atoms with Crippen molar-refractivity contribution in [1.82, 2.24) is 18.7 Å². The van der Waals surface area contributed by atoms with E-state index in [0.29, 0.717) is 28.9 Å². The van der Waals surface area contributed by atoms with Gasteiger partial charge >= 0.3 is 5.69 Å². The summed E-state index contributed by atoms with van der Waals surface area (Å²) in [5.74, 6) is 0.462. The van der Waals surface area contributed by atoms with Crippen LogP contribution in [0.3, 0.4) is 0 Å². The number of para-hydroxylation sites is 1. The molecule has 0 spiro atoms. The van der Waals surface area contributed by atoms with Crippen LogP contribution in [0.5, 0.6) is 0 Å². The molecule has 0 aliphatic carbocycles. The highest BCUT2D eigenvalue weighted by atomic mass is 16.2. The zero-order valence-electron chi connectivity index (χ0n) is 18.3. The van der Waals surface area contributed by atoms with Crippen LogP contribution in [0.15, 0.2) is 52.1 Å². The van der Waals surface area contributed by atoms with Gasteiger partial charge in [0.05, 0.1) is 10.9 Å². The Kier molecular flexibility index (Phi) is 5.35. The van der Waals surface area contributed by atoms with Gasteiger partial charge in [-0.3, -0.25) is 14.2 Å². The highest BCUT2D eigenvalue weighted by Crippen LogP contribution is 2.14. The number of ketones is 1. The van der Waals surface area contributed by atoms with Crippen molar-refractivity contribution in [1.29, 1.82) is 0 Å². The third-order valence-electron chi connectivity index (χ3n) is 5.59. The Morgan fingerprint density at radius 3 is 2.52 bits per heavy atom. The Labute approximate surface area is 179 Å². The first-order chi connectivity index (χ1) is 14.8. The minimum absolute atomic E-state index is 0.179. The molecule has 0 aliphatic rings. The maximum Gasteiger partial charge on any atom is 0.352 e. The summed E-state index contributed by atoms with van der Waals surface area (Å²) >= 11 is 0. The lowest BCUT2D eigenvalue weighted by molar-refractivity contribution is 0.0965. The summed E-state index contributed by atoms with van der Waals surface area (Å²) in [7, 11) is 0. The quantitative estimate of drug-likeness (QED) is 0.450. The second kappa shape index (κ2) is 7.98. The molecule has 0 N–H and O–H groups in total. The van der Waals surface area contributed by atoms with Gasteiger partial charge in [-0.2, -0.15) is 0 Å². The number of hydrogen-bond acceptors (Lipinski definition) is 4. The topological polar surface area (TPSA) is 78.4 Å². The van der Waals surface area contributed by atoms with Crippen molar-refractivity contribution in [2.24, 2.45) is 5.92 Å². The van der Waals surface area contributed by atoms with E-state index in [1.54, 1.807) is 34.9 Å². The summed E-state index contributed by atoms with van der Waals surface area (Å²) in [5.41, 5.74) is 2.39. The normalized spacial score (nSPS) is 11.6. The van der Waals surface area contributed by atoms with Crippen LogP contribution in [0.2, 0.25) is 0 Å². The Morgan fingerprint density at radius 1 is 1.06 bits per heavy atom. The van der Waals surface area contributed by atoms with Gasteiger partial charge in [-0.15, -0.1) is 5.10 Å². The van der Waals surface area contributed by atoms with Crippen molar-refractivity contribution in [3.8, 4) is 0 Å². The third kappa shape index (κ3) is 3.71. The van der Waals surface area contributed by atoms with Gasteiger partial charge in [-0.1, -0.05) is 49.7 Å².